The van der Waals surface area contributed by atoms with Crippen LogP contribution in [0.25, 0.3) is 0 Å². The molecule has 0 spiro atoms. The van der Waals surface area contributed by atoms with Crippen LogP contribution < -0.4 is 0 Å². The summed E-state index contributed by atoms with van der Waals surface area (Å²) in [6, 6.07) is 5.85. The van der Waals surface area contributed by atoms with Crippen molar-refractivity contribution in [2.75, 3.05) is 13.1 Å². The van der Waals surface area contributed by atoms with Crippen molar-refractivity contribution < 1.29 is 24.0 Å². The number of ether oxygens (including phenoxy) is 2. The lowest BCUT2D eigenvalue weighted by atomic mass is 9.98. The van der Waals surface area contributed by atoms with Gasteiger partial charge in [-0.3, -0.25) is 14.9 Å². The second kappa shape index (κ2) is 8.16. The molecule has 1 atom stereocenters. The molecule has 1 aliphatic heterocycles. The van der Waals surface area contributed by atoms with Crippen LogP contribution in [-0.4, -0.2) is 40.6 Å². The molecule has 1 fully saturated rings. The van der Waals surface area contributed by atoms with E-state index in [2.05, 4.69) is 0 Å². The number of piperidine rings is 1. The van der Waals surface area contributed by atoms with Crippen molar-refractivity contribution in [3.63, 3.8) is 0 Å². The Morgan fingerprint density at radius 2 is 1.92 bits per heavy atom. The molecule has 0 bridgehead atoms. The van der Waals surface area contributed by atoms with Gasteiger partial charge in [0.15, 0.2) is 0 Å². The highest BCUT2D eigenvalue weighted by Gasteiger charge is 2.31. The number of likely N-dealkylation sites (tertiary alicyclic amines) is 1. The SMILES string of the molecule is CC(C)(C)OC(=O)N1CCCC(C(=O)OCc2ccc([N+](=O)[O-])cc2)C1. The molecule has 2 rings (SSSR count). The van der Waals surface area contributed by atoms with E-state index in [1.165, 1.54) is 17.0 Å². The van der Waals surface area contributed by atoms with E-state index in [0.29, 0.717) is 24.9 Å². The van der Waals surface area contributed by atoms with Gasteiger partial charge in [0.05, 0.1) is 10.8 Å². The predicted molar refractivity (Wildman–Crippen MR) is 93.4 cm³/mol. The van der Waals surface area contributed by atoms with Gasteiger partial charge in [-0.1, -0.05) is 0 Å². The zero-order valence-corrected chi connectivity index (χ0v) is 15.3. The monoisotopic (exact) mass is 364 g/mol. The van der Waals surface area contributed by atoms with E-state index in [1.807, 2.05) is 0 Å². The van der Waals surface area contributed by atoms with Gasteiger partial charge in [-0.2, -0.15) is 0 Å². The predicted octanol–water partition coefficient (Wildman–Crippen LogP) is 3.29. The summed E-state index contributed by atoms with van der Waals surface area (Å²) in [6.45, 7) is 6.26. The molecule has 0 aromatic heterocycles. The summed E-state index contributed by atoms with van der Waals surface area (Å²) in [5.41, 5.74) is 0.0737. The number of nitro groups is 1. The van der Waals surface area contributed by atoms with Gasteiger partial charge in [-0.15, -0.1) is 0 Å². The van der Waals surface area contributed by atoms with Gasteiger partial charge in [0.2, 0.25) is 0 Å². The molecule has 8 nitrogen and oxygen atoms in total. The lowest BCUT2D eigenvalue weighted by Gasteiger charge is -2.33. The first kappa shape index (κ1) is 19.7. The van der Waals surface area contributed by atoms with Gasteiger partial charge in [0.1, 0.15) is 12.2 Å². The van der Waals surface area contributed by atoms with Crippen molar-refractivity contribution in [2.45, 2.75) is 45.8 Å². The number of hydrogen-bond donors (Lipinski definition) is 0. The van der Waals surface area contributed by atoms with E-state index in [4.69, 9.17) is 9.47 Å². The standard InChI is InChI=1S/C18H24N2O6/c1-18(2,3)26-17(22)19-10-4-5-14(11-19)16(21)25-12-13-6-8-15(9-7-13)20(23)24/h6-9,14H,4-5,10-12H2,1-3H3. The van der Waals surface area contributed by atoms with E-state index < -0.39 is 22.5 Å². The molecule has 0 radical (unpaired) electrons. The number of nitro benzene ring substituents is 1. The van der Waals surface area contributed by atoms with Crippen molar-refractivity contribution >= 4 is 17.7 Å². The van der Waals surface area contributed by atoms with Gasteiger partial charge in [0.25, 0.3) is 5.69 Å². The van der Waals surface area contributed by atoms with Crippen LogP contribution in [0.15, 0.2) is 24.3 Å². The molecule has 0 N–H and O–H groups in total. The Kier molecular flexibility index (Phi) is 6.18. The third-order valence-electron chi connectivity index (χ3n) is 3.93. The highest BCUT2D eigenvalue weighted by Crippen LogP contribution is 2.21. The highest BCUT2D eigenvalue weighted by atomic mass is 16.6. The van der Waals surface area contributed by atoms with Gasteiger partial charge >= 0.3 is 12.1 Å². The van der Waals surface area contributed by atoms with Crippen molar-refractivity contribution in [1.29, 1.82) is 0 Å². The first-order valence-corrected chi connectivity index (χ1v) is 8.53. The van der Waals surface area contributed by atoms with Gasteiger partial charge in [-0.05, 0) is 51.3 Å². The molecular weight excluding hydrogens is 340 g/mol. The molecule has 1 heterocycles. The zero-order valence-electron chi connectivity index (χ0n) is 15.3. The van der Waals surface area contributed by atoms with E-state index in [-0.39, 0.29) is 24.8 Å². The molecule has 142 valence electrons. The first-order chi connectivity index (χ1) is 12.2. The van der Waals surface area contributed by atoms with E-state index in [0.717, 1.165) is 0 Å². The van der Waals surface area contributed by atoms with Gasteiger partial charge in [-0.25, -0.2) is 4.79 Å². The molecule has 26 heavy (non-hydrogen) atoms. The second-order valence-electron chi connectivity index (χ2n) is 7.30. The van der Waals surface area contributed by atoms with Crippen LogP contribution in [0, 0.1) is 16.0 Å². The molecule has 1 aromatic carbocycles. The Balaban J connectivity index is 1.86. The topological polar surface area (TPSA) is 99.0 Å². The number of amides is 1. The van der Waals surface area contributed by atoms with E-state index >= 15 is 0 Å². The molecule has 0 aliphatic carbocycles. The molecule has 1 aromatic rings. The minimum absolute atomic E-state index is 0.0136. The fourth-order valence-electron chi connectivity index (χ4n) is 2.65. The maximum atomic E-state index is 12.3. The van der Waals surface area contributed by atoms with Crippen LogP contribution in [0.4, 0.5) is 10.5 Å². The number of nitrogens with zero attached hydrogens (tertiary/aromatic N) is 2. The van der Waals surface area contributed by atoms with Crippen molar-refractivity contribution in [2.24, 2.45) is 5.92 Å². The maximum absolute atomic E-state index is 12.3. The number of carbonyl (C=O) groups excluding carboxylic acids is 2. The molecule has 1 amide bonds. The fourth-order valence-corrected chi connectivity index (χ4v) is 2.65. The Morgan fingerprint density at radius 1 is 1.27 bits per heavy atom. The Morgan fingerprint density at radius 3 is 2.50 bits per heavy atom. The lowest BCUT2D eigenvalue weighted by Crippen LogP contribution is -2.45. The van der Waals surface area contributed by atoms with Crippen molar-refractivity contribution in [3.8, 4) is 0 Å². The summed E-state index contributed by atoms with van der Waals surface area (Å²) >= 11 is 0. The number of non-ortho nitro benzene ring substituents is 1. The van der Waals surface area contributed by atoms with Crippen LogP contribution in [-0.2, 0) is 20.9 Å². The van der Waals surface area contributed by atoms with Crippen LogP contribution >= 0.6 is 0 Å². The summed E-state index contributed by atoms with van der Waals surface area (Å²) in [4.78, 5) is 36.1. The molecule has 1 aliphatic rings. The number of carbonyl (C=O) groups is 2. The van der Waals surface area contributed by atoms with Crippen LogP contribution in [0.2, 0.25) is 0 Å². The van der Waals surface area contributed by atoms with Crippen LogP contribution in [0.1, 0.15) is 39.2 Å². The molecule has 1 saturated heterocycles. The third kappa shape index (κ3) is 5.72. The van der Waals surface area contributed by atoms with Crippen LogP contribution in [0.5, 0.6) is 0 Å². The average Bonchev–Trinajstić information content (AvgIpc) is 2.58. The molecular formula is C18H24N2O6. The Labute approximate surface area is 152 Å². The van der Waals surface area contributed by atoms with Gasteiger partial charge < -0.3 is 14.4 Å². The van der Waals surface area contributed by atoms with Crippen molar-refractivity contribution in [3.05, 3.63) is 39.9 Å². The van der Waals surface area contributed by atoms with E-state index in [1.54, 1.807) is 32.9 Å². The average molecular weight is 364 g/mol. The quantitative estimate of drug-likeness (QED) is 0.462. The largest absolute Gasteiger partial charge is 0.461 e. The molecule has 1 unspecified atom stereocenters. The first-order valence-electron chi connectivity index (χ1n) is 8.53. The molecule has 0 saturated carbocycles. The third-order valence-corrected chi connectivity index (χ3v) is 3.93. The second-order valence-corrected chi connectivity index (χ2v) is 7.30. The minimum atomic E-state index is -0.583. The summed E-state index contributed by atoms with van der Waals surface area (Å²) in [5.74, 6) is -0.772. The number of benzene rings is 1. The normalized spacial score (nSPS) is 17.5. The summed E-state index contributed by atoms with van der Waals surface area (Å²) in [7, 11) is 0. The smallest absolute Gasteiger partial charge is 0.410 e. The highest BCUT2D eigenvalue weighted by molar-refractivity contribution is 5.75. The molecule has 8 heteroatoms. The van der Waals surface area contributed by atoms with Crippen molar-refractivity contribution in [1.82, 2.24) is 4.90 Å². The Bertz CT molecular complexity index is 665. The van der Waals surface area contributed by atoms with Gasteiger partial charge in [0, 0.05) is 25.2 Å². The number of esters is 1. The Hall–Kier alpha value is -2.64. The fraction of sp³-hybridized carbons (Fsp3) is 0.556. The zero-order chi connectivity index (χ0) is 19.3. The summed E-state index contributed by atoms with van der Waals surface area (Å²) in [6.07, 6.45) is 0.931. The minimum Gasteiger partial charge on any atom is -0.461 e. The lowest BCUT2D eigenvalue weighted by molar-refractivity contribution is -0.384. The number of hydrogen-bond acceptors (Lipinski definition) is 6. The number of rotatable bonds is 4. The summed E-state index contributed by atoms with van der Waals surface area (Å²) < 4.78 is 10.7. The van der Waals surface area contributed by atoms with E-state index in [9.17, 15) is 19.7 Å². The summed E-state index contributed by atoms with van der Waals surface area (Å²) in [5, 5.41) is 10.6. The maximum Gasteiger partial charge on any atom is 0.410 e. The van der Waals surface area contributed by atoms with Crippen LogP contribution in [0.3, 0.4) is 0 Å².